The molecule has 1 N–H and O–H groups in total. The van der Waals surface area contributed by atoms with Crippen molar-refractivity contribution in [2.45, 2.75) is 31.8 Å². The minimum atomic E-state index is 0.641. The highest BCUT2D eigenvalue weighted by atomic mass is 15.1. The van der Waals surface area contributed by atoms with Crippen molar-refractivity contribution >= 4 is 0 Å². The first-order valence-electron chi connectivity index (χ1n) is 6.69. The Kier molecular flexibility index (Phi) is 4.74. The van der Waals surface area contributed by atoms with Gasteiger partial charge >= 0.3 is 0 Å². The summed E-state index contributed by atoms with van der Waals surface area (Å²) in [5.41, 5.74) is 2.00. The molecule has 1 aliphatic heterocycles. The van der Waals surface area contributed by atoms with Crippen LogP contribution in [0.2, 0.25) is 0 Å². The van der Waals surface area contributed by atoms with E-state index >= 15 is 0 Å². The van der Waals surface area contributed by atoms with Crippen LogP contribution in [0.3, 0.4) is 0 Å². The van der Waals surface area contributed by atoms with Crippen molar-refractivity contribution in [2.75, 3.05) is 20.1 Å². The molecular formula is C15H21N3. The van der Waals surface area contributed by atoms with Crippen molar-refractivity contribution < 1.29 is 0 Å². The molecule has 0 saturated carbocycles. The lowest BCUT2D eigenvalue weighted by Crippen LogP contribution is -2.42. The van der Waals surface area contributed by atoms with Crippen LogP contribution in [0.4, 0.5) is 0 Å². The molecule has 1 aromatic rings. The van der Waals surface area contributed by atoms with Gasteiger partial charge in [0.15, 0.2) is 0 Å². The Morgan fingerprint density at radius 3 is 2.72 bits per heavy atom. The van der Waals surface area contributed by atoms with E-state index in [4.69, 9.17) is 5.26 Å². The van der Waals surface area contributed by atoms with E-state index in [9.17, 15) is 0 Å². The van der Waals surface area contributed by atoms with E-state index in [-0.39, 0.29) is 0 Å². The molecule has 18 heavy (non-hydrogen) atoms. The van der Waals surface area contributed by atoms with Crippen LogP contribution >= 0.6 is 0 Å². The summed E-state index contributed by atoms with van der Waals surface area (Å²) >= 11 is 0. The molecule has 0 radical (unpaired) electrons. The average Bonchev–Trinajstić information content (AvgIpc) is 2.40. The summed E-state index contributed by atoms with van der Waals surface area (Å²) in [6, 6.07) is 10.7. The molecule has 1 aliphatic rings. The Balaban J connectivity index is 1.82. The molecule has 1 unspecified atom stereocenters. The number of nitrogens with one attached hydrogen (secondary N) is 1. The van der Waals surface area contributed by atoms with Crippen molar-refractivity contribution in [3.8, 4) is 6.07 Å². The molecule has 3 nitrogen and oxygen atoms in total. The van der Waals surface area contributed by atoms with Crippen LogP contribution in [-0.4, -0.2) is 31.1 Å². The van der Waals surface area contributed by atoms with E-state index in [0.29, 0.717) is 6.04 Å². The molecule has 3 heteroatoms. The smallest absolute Gasteiger partial charge is 0.0991 e. The standard InChI is InChI=1S/C15H21N3/c1-18(12-15-4-2-3-9-17-15)11-14-7-5-13(10-16)6-8-14/h5-8,15,17H,2-4,9,11-12H2,1H3. The van der Waals surface area contributed by atoms with Gasteiger partial charge in [0.1, 0.15) is 0 Å². The first-order valence-corrected chi connectivity index (χ1v) is 6.69. The van der Waals surface area contributed by atoms with Gasteiger partial charge in [0.25, 0.3) is 0 Å². The third-order valence-electron chi connectivity index (χ3n) is 3.48. The fourth-order valence-electron chi connectivity index (χ4n) is 2.52. The molecule has 96 valence electrons. The Bertz CT molecular complexity index is 399. The first kappa shape index (κ1) is 13.1. The topological polar surface area (TPSA) is 39.1 Å². The lowest BCUT2D eigenvalue weighted by molar-refractivity contribution is 0.256. The van der Waals surface area contributed by atoms with Gasteiger partial charge in [0, 0.05) is 19.1 Å². The van der Waals surface area contributed by atoms with Gasteiger partial charge in [0.2, 0.25) is 0 Å². The van der Waals surface area contributed by atoms with Gasteiger partial charge in [-0.3, -0.25) is 0 Å². The second-order valence-corrected chi connectivity index (χ2v) is 5.15. The number of benzene rings is 1. The van der Waals surface area contributed by atoms with Crippen LogP contribution in [0, 0.1) is 11.3 Å². The van der Waals surface area contributed by atoms with Gasteiger partial charge in [-0.15, -0.1) is 0 Å². The fourth-order valence-corrected chi connectivity index (χ4v) is 2.52. The van der Waals surface area contributed by atoms with Gasteiger partial charge in [-0.25, -0.2) is 0 Å². The number of hydrogen-bond acceptors (Lipinski definition) is 3. The Morgan fingerprint density at radius 2 is 2.11 bits per heavy atom. The van der Waals surface area contributed by atoms with Crippen LogP contribution in [0.5, 0.6) is 0 Å². The Morgan fingerprint density at radius 1 is 1.33 bits per heavy atom. The third kappa shape index (κ3) is 3.83. The SMILES string of the molecule is CN(Cc1ccc(C#N)cc1)CC1CCCCN1. The highest BCUT2D eigenvalue weighted by molar-refractivity contribution is 5.31. The zero-order valence-electron chi connectivity index (χ0n) is 11.0. The highest BCUT2D eigenvalue weighted by Crippen LogP contribution is 2.10. The average molecular weight is 243 g/mol. The third-order valence-corrected chi connectivity index (χ3v) is 3.48. The van der Waals surface area contributed by atoms with Crippen molar-refractivity contribution in [3.05, 3.63) is 35.4 Å². The highest BCUT2D eigenvalue weighted by Gasteiger charge is 2.14. The fraction of sp³-hybridized carbons (Fsp3) is 0.533. The number of nitrogens with zero attached hydrogens (tertiary/aromatic N) is 2. The van der Waals surface area contributed by atoms with Crippen molar-refractivity contribution in [2.24, 2.45) is 0 Å². The lowest BCUT2D eigenvalue weighted by Gasteiger charge is -2.28. The number of rotatable bonds is 4. The van der Waals surface area contributed by atoms with Crippen LogP contribution < -0.4 is 5.32 Å². The molecule has 1 heterocycles. The van der Waals surface area contributed by atoms with E-state index in [2.05, 4.69) is 23.3 Å². The summed E-state index contributed by atoms with van der Waals surface area (Å²) in [4.78, 5) is 2.35. The molecule has 0 bridgehead atoms. The van der Waals surface area contributed by atoms with Crippen molar-refractivity contribution in [1.29, 1.82) is 5.26 Å². The predicted octanol–water partition coefficient (Wildman–Crippen LogP) is 2.13. The monoisotopic (exact) mass is 243 g/mol. The summed E-state index contributed by atoms with van der Waals surface area (Å²) in [5.74, 6) is 0. The molecule has 1 saturated heterocycles. The summed E-state index contributed by atoms with van der Waals surface area (Å²) in [7, 11) is 2.16. The number of likely N-dealkylation sites (N-methyl/N-ethyl adjacent to an activating group) is 1. The Hall–Kier alpha value is -1.37. The van der Waals surface area contributed by atoms with Crippen molar-refractivity contribution in [1.82, 2.24) is 10.2 Å². The van der Waals surface area contributed by atoms with Gasteiger partial charge in [0.05, 0.1) is 11.6 Å². The van der Waals surface area contributed by atoms with E-state index in [1.807, 2.05) is 24.3 Å². The van der Waals surface area contributed by atoms with E-state index < -0.39 is 0 Å². The molecule has 0 aromatic heterocycles. The second-order valence-electron chi connectivity index (χ2n) is 5.15. The van der Waals surface area contributed by atoms with E-state index in [0.717, 1.165) is 25.2 Å². The lowest BCUT2D eigenvalue weighted by atomic mass is 10.0. The largest absolute Gasteiger partial charge is 0.313 e. The summed E-state index contributed by atoms with van der Waals surface area (Å²) in [5, 5.41) is 12.3. The first-order chi connectivity index (χ1) is 8.78. The maximum absolute atomic E-state index is 8.76. The zero-order chi connectivity index (χ0) is 12.8. The van der Waals surface area contributed by atoms with Gasteiger partial charge in [-0.05, 0) is 44.1 Å². The minimum Gasteiger partial charge on any atom is -0.313 e. The van der Waals surface area contributed by atoms with Crippen molar-refractivity contribution in [3.63, 3.8) is 0 Å². The molecule has 1 atom stereocenters. The van der Waals surface area contributed by atoms with Crippen LogP contribution in [0.15, 0.2) is 24.3 Å². The number of piperidine rings is 1. The van der Waals surface area contributed by atoms with Crippen LogP contribution in [-0.2, 0) is 6.54 Å². The molecule has 1 fully saturated rings. The quantitative estimate of drug-likeness (QED) is 0.880. The predicted molar refractivity (Wildman–Crippen MR) is 73.1 cm³/mol. The molecule has 2 rings (SSSR count). The second kappa shape index (κ2) is 6.53. The van der Waals surface area contributed by atoms with E-state index in [1.165, 1.54) is 24.8 Å². The summed E-state index contributed by atoms with van der Waals surface area (Å²) < 4.78 is 0. The van der Waals surface area contributed by atoms with Crippen LogP contribution in [0.1, 0.15) is 30.4 Å². The maximum atomic E-state index is 8.76. The molecule has 0 spiro atoms. The van der Waals surface area contributed by atoms with Gasteiger partial charge in [-0.1, -0.05) is 18.6 Å². The molecule has 0 aliphatic carbocycles. The molecule has 0 amide bonds. The summed E-state index contributed by atoms with van der Waals surface area (Å²) in [6.07, 6.45) is 3.95. The Labute approximate surface area is 109 Å². The normalized spacial score (nSPS) is 19.7. The molecular weight excluding hydrogens is 222 g/mol. The molecule has 1 aromatic carbocycles. The van der Waals surface area contributed by atoms with Gasteiger partial charge < -0.3 is 10.2 Å². The summed E-state index contributed by atoms with van der Waals surface area (Å²) in [6.45, 7) is 3.21. The van der Waals surface area contributed by atoms with E-state index in [1.54, 1.807) is 0 Å². The number of nitriles is 1. The minimum absolute atomic E-state index is 0.641. The van der Waals surface area contributed by atoms with Gasteiger partial charge in [-0.2, -0.15) is 5.26 Å². The number of hydrogen-bond donors (Lipinski definition) is 1. The maximum Gasteiger partial charge on any atom is 0.0991 e. The zero-order valence-corrected chi connectivity index (χ0v) is 11.0. The van der Waals surface area contributed by atoms with Crippen LogP contribution in [0.25, 0.3) is 0 Å².